The van der Waals surface area contributed by atoms with Crippen LogP contribution in [0.25, 0.3) is 0 Å². The van der Waals surface area contributed by atoms with Crippen molar-refractivity contribution in [3.8, 4) is 5.88 Å². The van der Waals surface area contributed by atoms with Crippen LogP contribution in [0.4, 0.5) is 0 Å². The van der Waals surface area contributed by atoms with Crippen molar-refractivity contribution in [1.82, 2.24) is 9.97 Å². The summed E-state index contributed by atoms with van der Waals surface area (Å²) in [5, 5.41) is 0. The highest BCUT2D eigenvalue weighted by atomic mass is 16.5. The summed E-state index contributed by atoms with van der Waals surface area (Å²) < 4.78 is 5.62. The first-order valence-electron chi connectivity index (χ1n) is 4.38. The maximum atomic E-state index is 5.62. The monoisotopic (exact) mass is 164 g/mol. The molecule has 1 aliphatic rings. The molecule has 0 amide bonds. The Bertz CT molecular complexity index is 232. The topological polar surface area (TPSA) is 35.0 Å². The fourth-order valence-electron chi connectivity index (χ4n) is 1.53. The van der Waals surface area contributed by atoms with Gasteiger partial charge in [-0.15, -0.1) is 0 Å². The van der Waals surface area contributed by atoms with E-state index in [1.807, 2.05) is 0 Å². The van der Waals surface area contributed by atoms with Gasteiger partial charge in [0.2, 0.25) is 5.88 Å². The van der Waals surface area contributed by atoms with Gasteiger partial charge in [0.1, 0.15) is 12.4 Å². The molecule has 12 heavy (non-hydrogen) atoms. The van der Waals surface area contributed by atoms with Crippen LogP contribution in [0.15, 0.2) is 18.6 Å². The summed E-state index contributed by atoms with van der Waals surface area (Å²) in [7, 11) is 0. The SMILES string of the molecule is c1cc(OC2CCCC2)ncn1. The van der Waals surface area contributed by atoms with E-state index in [2.05, 4.69) is 9.97 Å². The summed E-state index contributed by atoms with van der Waals surface area (Å²) in [6.07, 6.45) is 8.53. The molecule has 3 nitrogen and oxygen atoms in total. The zero-order valence-corrected chi connectivity index (χ0v) is 6.94. The van der Waals surface area contributed by atoms with Crippen LogP contribution in [0.5, 0.6) is 5.88 Å². The Balaban J connectivity index is 1.94. The Morgan fingerprint density at radius 3 is 2.83 bits per heavy atom. The first-order chi connectivity index (χ1) is 5.95. The largest absolute Gasteiger partial charge is 0.474 e. The van der Waals surface area contributed by atoms with Crippen molar-refractivity contribution in [1.29, 1.82) is 0 Å². The molecule has 0 saturated heterocycles. The Kier molecular flexibility index (Phi) is 2.21. The van der Waals surface area contributed by atoms with E-state index in [1.54, 1.807) is 12.3 Å². The number of ether oxygens (including phenoxy) is 1. The third kappa shape index (κ3) is 1.72. The molecule has 0 spiro atoms. The summed E-state index contributed by atoms with van der Waals surface area (Å²) in [5.41, 5.74) is 0. The van der Waals surface area contributed by atoms with Crippen LogP contribution >= 0.6 is 0 Å². The predicted octanol–water partition coefficient (Wildman–Crippen LogP) is 1.80. The molecule has 0 aromatic carbocycles. The zero-order chi connectivity index (χ0) is 8.23. The van der Waals surface area contributed by atoms with Gasteiger partial charge in [0, 0.05) is 12.3 Å². The highest BCUT2D eigenvalue weighted by molar-refractivity contribution is 5.05. The third-order valence-electron chi connectivity index (χ3n) is 2.14. The highest BCUT2D eigenvalue weighted by Crippen LogP contribution is 2.22. The minimum absolute atomic E-state index is 0.389. The van der Waals surface area contributed by atoms with Crippen LogP contribution in [-0.2, 0) is 0 Å². The van der Waals surface area contributed by atoms with Crippen molar-refractivity contribution < 1.29 is 4.74 Å². The van der Waals surface area contributed by atoms with E-state index in [-0.39, 0.29) is 0 Å². The minimum Gasteiger partial charge on any atom is -0.474 e. The number of nitrogens with zero attached hydrogens (tertiary/aromatic N) is 2. The predicted molar refractivity (Wildman–Crippen MR) is 44.9 cm³/mol. The molecule has 0 aliphatic heterocycles. The molecule has 0 unspecified atom stereocenters. The number of aromatic nitrogens is 2. The van der Waals surface area contributed by atoms with E-state index in [9.17, 15) is 0 Å². The number of rotatable bonds is 2. The van der Waals surface area contributed by atoms with E-state index < -0.39 is 0 Å². The second kappa shape index (κ2) is 3.52. The van der Waals surface area contributed by atoms with Crippen LogP contribution in [0.2, 0.25) is 0 Å². The van der Waals surface area contributed by atoms with Crippen molar-refractivity contribution >= 4 is 0 Å². The molecule has 1 fully saturated rings. The van der Waals surface area contributed by atoms with Gasteiger partial charge in [-0.2, -0.15) is 0 Å². The van der Waals surface area contributed by atoms with E-state index in [0.29, 0.717) is 12.0 Å². The van der Waals surface area contributed by atoms with Gasteiger partial charge in [-0.3, -0.25) is 0 Å². The molecule has 0 radical (unpaired) electrons. The summed E-state index contributed by atoms with van der Waals surface area (Å²) in [4.78, 5) is 7.84. The molecule has 3 heteroatoms. The van der Waals surface area contributed by atoms with Gasteiger partial charge < -0.3 is 4.74 Å². The van der Waals surface area contributed by atoms with Crippen molar-refractivity contribution in [2.45, 2.75) is 31.8 Å². The summed E-state index contributed by atoms with van der Waals surface area (Å²) in [5.74, 6) is 0.705. The van der Waals surface area contributed by atoms with Crippen LogP contribution in [-0.4, -0.2) is 16.1 Å². The van der Waals surface area contributed by atoms with Gasteiger partial charge in [0.05, 0.1) is 0 Å². The molecule has 2 rings (SSSR count). The zero-order valence-electron chi connectivity index (χ0n) is 6.94. The lowest BCUT2D eigenvalue weighted by Gasteiger charge is -2.10. The van der Waals surface area contributed by atoms with E-state index in [1.165, 1.54) is 32.0 Å². The highest BCUT2D eigenvalue weighted by Gasteiger charge is 2.16. The molecule has 64 valence electrons. The quantitative estimate of drug-likeness (QED) is 0.668. The third-order valence-corrected chi connectivity index (χ3v) is 2.14. The van der Waals surface area contributed by atoms with Crippen molar-refractivity contribution in [3.63, 3.8) is 0 Å². The maximum Gasteiger partial charge on any atom is 0.216 e. The average Bonchev–Trinajstić information content (AvgIpc) is 2.59. The van der Waals surface area contributed by atoms with Gasteiger partial charge in [-0.25, -0.2) is 9.97 Å². The summed E-state index contributed by atoms with van der Waals surface area (Å²) in [6, 6.07) is 1.80. The molecule has 1 aromatic heterocycles. The molecule has 1 saturated carbocycles. The standard InChI is InChI=1S/C9H12N2O/c1-2-4-8(3-1)12-9-5-6-10-7-11-9/h5-8H,1-4H2. The van der Waals surface area contributed by atoms with Gasteiger partial charge in [0.25, 0.3) is 0 Å². The average molecular weight is 164 g/mol. The molecule has 1 aromatic rings. The lowest BCUT2D eigenvalue weighted by atomic mass is 10.3. The van der Waals surface area contributed by atoms with Crippen LogP contribution in [0.1, 0.15) is 25.7 Å². The van der Waals surface area contributed by atoms with Gasteiger partial charge in [0.15, 0.2) is 0 Å². The molecule has 1 aliphatic carbocycles. The van der Waals surface area contributed by atoms with E-state index >= 15 is 0 Å². The second-order valence-electron chi connectivity index (χ2n) is 3.07. The van der Waals surface area contributed by atoms with Crippen molar-refractivity contribution in [2.75, 3.05) is 0 Å². The van der Waals surface area contributed by atoms with E-state index in [4.69, 9.17) is 4.74 Å². The Labute approximate surface area is 71.8 Å². The second-order valence-corrected chi connectivity index (χ2v) is 3.07. The van der Waals surface area contributed by atoms with Gasteiger partial charge in [-0.05, 0) is 25.7 Å². The molecule has 0 bridgehead atoms. The number of hydrogen-bond donors (Lipinski definition) is 0. The Hall–Kier alpha value is -1.12. The van der Waals surface area contributed by atoms with Gasteiger partial charge >= 0.3 is 0 Å². The van der Waals surface area contributed by atoms with E-state index in [0.717, 1.165) is 0 Å². The van der Waals surface area contributed by atoms with Crippen LogP contribution in [0.3, 0.4) is 0 Å². The first-order valence-corrected chi connectivity index (χ1v) is 4.38. The van der Waals surface area contributed by atoms with Crippen LogP contribution in [0, 0.1) is 0 Å². The number of hydrogen-bond acceptors (Lipinski definition) is 3. The summed E-state index contributed by atoms with van der Waals surface area (Å²) in [6.45, 7) is 0. The smallest absolute Gasteiger partial charge is 0.216 e. The first kappa shape index (κ1) is 7.53. The fraction of sp³-hybridized carbons (Fsp3) is 0.556. The van der Waals surface area contributed by atoms with Crippen LogP contribution < -0.4 is 4.74 Å². The molecular weight excluding hydrogens is 152 g/mol. The Morgan fingerprint density at radius 2 is 2.17 bits per heavy atom. The fourth-order valence-corrected chi connectivity index (χ4v) is 1.53. The Morgan fingerprint density at radius 1 is 1.33 bits per heavy atom. The lowest BCUT2D eigenvalue weighted by Crippen LogP contribution is -2.11. The molecular formula is C9H12N2O. The molecule has 0 atom stereocenters. The molecule has 0 N–H and O–H groups in total. The molecule has 1 heterocycles. The summed E-state index contributed by atoms with van der Waals surface area (Å²) >= 11 is 0. The lowest BCUT2D eigenvalue weighted by molar-refractivity contribution is 0.201. The minimum atomic E-state index is 0.389. The normalized spacial score (nSPS) is 18.0. The van der Waals surface area contributed by atoms with Crippen molar-refractivity contribution in [2.24, 2.45) is 0 Å². The maximum absolute atomic E-state index is 5.62. The van der Waals surface area contributed by atoms with Gasteiger partial charge in [-0.1, -0.05) is 0 Å². The van der Waals surface area contributed by atoms with Crippen molar-refractivity contribution in [3.05, 3.63) is 18.6 Å².